The van der Waals surface area contributed by atoms with Crippen LogP contribution in [0, 0.1) is 0 Å². The fourth-order valence-electron chi connectivity index (χ4n) is 4.50. The molecular weight excluding hydrogens is 406 g/mol. The number of amides is 3. The van der Waals surface area contributed by atoms with Crippen molar-refractivity contribution >= 4 is 17.7 Å². The van der Waals surface area contributed by atoms with Crippen molar-refractivity contribution in [1.29, 1.82) is 0 Å². The van der Waals surface area contributed by atoms with Crippen molar-refractivity contribution in [3.63, 3.8) is 0 Å². The molecule has 0 radical (unpaired) electrons. The number of benzene rings is 2. The predicted molar refractivity (Wildman–Crippen MR) is 121 cm³/mol. The van der Waals surface area contributed by atoms with Crippen LogP contribution in [0.2, 0.25) is 0 Å². The first kappa shape index (κ1) is 22.0. The van der Waals surface area contributed by atoms with Gasteiger partial charge in [0, 0.05) is 19.5 Å². The summed E-state index contributed by atoms with van der Waals surface area (Å²) >= 11 is 0. The molecule has 0 spiro atoms. The van der Waals surface area contributed by atoms with Gasteiger partial charge in [0.1, 0.15) is 5.75 Å². The SMILES string of the molecule is COc1cccc(C(CNC(=O)CCCN2C(=O)c3ccccc3C2=O)N2CCCC2)c1. The molecule has 32 heavy (non-hydrogen) atoms. The lowest BCUT2D eigenvalue weighted by atomic mass is 10.0. The molecule has 1 saturated heterocycles. The first-order chi connectivity index (χ1) is 15.6. The average molecular weight is 436 g/mol. The number of fused-ring (bicyclic) bond motifs is 1. The highest BCUT2D eigenvalue weighted by Crippen LogP contribution is 2.27. The van der Waals surface area contributed by atoms with Crippen LogP contribution in [0.5, 0.6) is 5.75 Å². The van der Waals surface area contributed by atoms with Gasteiger partial charge in [0.15, 0.2) is 0 Å². The van der Waals surface area contributed by atoms with E-state index in [0.717, 1.165) is 37.2 Å². The van der Waals surface area contributed by atoms with Gasteiger partial charge in [0.05, 0.1) is 24.3 Å². The number of carbonyl (C=O) groups is 3. The van der Waals surface area contributed by atoms with E-state index in [9.17, 15) is 14.4 Å². The molecule has 0 aromatic heterocycles. The summed E-state index contributed by atoms with van der Waals surface area (Å²) in [5.74, 6) is 0.170. The molecule has 2 aliphatic rings. The first-order valence-corrected chi connectivity index (χ1v) is 11.2. The van der Waals surface area contributed by atoms with E-state index in [4.69, 9.17) is 4.74 Å². The van der Waals surface area contributed by atoms with E-state index < -0.39 is 0 Å². The van der Waals surface area contributed by atoms with Crippen LogP contribution in [0.25, 0.3) is 0 Å². The normalized spacial score (nSPS) is 16.8. The first-order valence-electron chi connectivity index (χ1n) is 11.2. The molecule has 2 aromatic carbocycles. The van der Waals surface area contributed by atoms with Crippen LogP contribution in [0.4, 0.5) is 0 Å². The van der Waals surface area contributed by atoms with E-state index >= 15 is 0 Å². The topological polar surface area (TPSA) is 79.0 Å². The van der Waals surface area contributed by atoms with Crippen LogP contribution in [0.3, 0.4) is 0 Å². The molecule has 2 aromatic rings. The van der Waals surface area contributed by atoms with Crippen LogP contribution in [0.1, 0.15) is 58.0 Å². The van der Waals surface area contributed by atoms with Crippen LogP contribution in [-0.2, 0) is 4.79 Å². The van der Waals surface area contributed by atoms with Crippen LogP contribution in [0.15, 0.2) is 48.5 Å². The number of methoxy groups -OCH3 is 1. The average Bonchev–Trinajstić information content (AvgIpc) is 3.43. The third-order valence-corrected chi connectivity index (χ3v) is 6.22. The summed E-state index contributed by atoms with van der Waals surface area (Å²) in [6, 6.07) is 14.9. The number of hydrogen-bond acceptors (Lipinski definition) is 5. The van der Waals surface area contributed by atoms with Crippen molar-refractivity contribution in [2.45, 2.75) is 31.7 Å². The van der Waals surface area contributed by atoms with Crippen molar-refractivity contribution in [2.75, 3.05) is 33.3 Å². The molecule has 7 heteroatoms. The molecule has 3 amide bonds. The molecule has 0 aliphatic carbocycles. The van der Waals surface area contributed by atoms with E-state index in [1.807, 2.05) is 18.2 Å². The fraction of sp³-hybridized carbons (Fsp3) is 0.400. The fourth-order valence-corrected chi connectivity index (χ4v) is 4.50. The number of ether oxygens (including phenoxy) is 1. The largest absolute Gasteiger partial charge is 0.497 e. The standard InChI is InChI=1S/C25H29N3O4/c1-32-19-9-6-8-18(16-19)22(27-13-4-5-14-27)17-26-23(29)12-7-15-28-24(30)20-10-2-3-11-21(20)25(28)31/h2-3,6,8-11,16,22H,4-5,7,12-15,17H2,1H3,(H,26,29). The van der Waals surface area contributed by atoms with Crippen LogP contribution < -0.4 is 10.1 Å². The second-order valence-corrected chi connectivity index (χ2v) is 8.25. The van der Waals surface area contributed by atoms with Crippen molar-refractivity contribution in [1.82, 2.24) is 15.1 Å². The predicted octanol–water partition coefficient (Wildman–Crippen LogP) is 3.02. The maximum Gasteiger partial charge on any atom is 0.261 e. The molecule has 4 rings (SSSR count). The minimum absolute atomic E-state index is 0.0753. The lowest BCUT2D eigenvalue weighted by Crippen LogP contribution is -2.37. The summed E-state index contributed by atoms with van der Waals surface area (Å²) in [6.45, 7) is 2.78. The van der Waals surface area contributed by atoms with Crippen LogP contribution >= 0.6 is 0 Å². The summed E-state index contributed by atoms with van der Waals surface area (Å²) in [6.07, 6.45) is 3.02. The Kier molecular flexibility index (Phi) is 6.85. The quantitative estimate of drug-likeness (QED) is 0.613. The maximum atomic E-state index is 12.5. The zero-order valence-corrected chi connectivity index (χ0v) is 18.4. The number of likely N-dealkylation sites (tertiary alicyclic amines) is 1. The Morgan fingerprint density at radius 1 is 1.03 bits per heavy atom. The van der Waals surface area contributed by atoms with E-state index in [2.05, 4.69) is 16.3 Å². The zero-order chi connectivity index (χ0) is 22.5. The molecule has 7 nitrogen and oxygen atoms in total. The summed E-state index contributed by atoms with van der Waals surface area (Å²) < 4.78 is 5.37. The van der Waals surface area contributed by atoms with Gasteiger partial charge >= 0.3 is 0 Å². The highest BCUT2D eigenvalue weighted by Gasteiger charge is 2.34. The van der Waals surface area contributed by atoms with Crippen molar-refractivity contribution in [2.24, 2.45) is 0 Å². The molecule has 2 heterocycles. The van der Waals surface area contributed by atoms with Gasteiger partial charge in [0.25, 0.3) is 11.8 Å². The van der Waals surface area contributed by atoms with E-state index in [-0.39, 0.29) is 36.7 Å². The second kappa shape index (κ2) is 9.96. The van der Waals surface area contributed by atoms with Crippen molar-refractivity contribution < 1.29 is 19.1 Å². The van der Waals surface area contributed by atoms with E-state index in [0.29, 0.717) is 24.1 Å². The monoisotopic (exact) mass is 435 g/mol. The van der Waals surface area contributed by atoms with Gasteiger partial charge in [-0.15, -0.1) is 0 Å². The van der Waals surface area contributed by atoms with Gasteiger partial charge in [-0.25, -0.2) is 0 Å². The number of hydrogen-bond donors (Lipinski definition) is 1. The number of carbonyl (C=O) groups excluding carboxylic acids is 3. The number of nitrogens with one attached hydrogen (secondary N) is 1. The van der Waals surface area contributed by atoms with E-state index in [1.54, 1.807) is 31.4 Å². The molecular formula is C25H29N3O4. The lowest BCUT2D eigenvalue weighted by molar-refractivity contribution is -0.121. The number of rotatable bonds is 9. The summed E-state index contributed by atoms with van der Waals surface area (Å²) in [7, 11) is 1.65. The molecule has 1 atom stereocenters. The lowest BCUT2D eigenvalue weighted by Gasteiger charge is -2.28. The Bertz CT molecular complexity index is 965. The van der Waals surface area contributed by atoms with Gasteiger partial charge in [-0.2, -0.15) is 0 Å². The molecule has 1 unspecified atom stereocenters. The minimum atomic E-state index is -0.280. The Labute approximate surface area is 188 Å². The maximum absolute atomic E-state index is 12.5. The number of nitrogens with zero attached hydrogens (tertiary/aromatic N) is 2. The van der Waals surface area contributed by atoms with Gasteiger partial charge in [0.2, 0.25) is 5.91 Å². The third kappa shape index (κ3) is 4.67. The molecule has 0 saturated carbocycles. The number of imide groups is 1. The van der Waals surface area contributed by atoms with Gasteiger partial charge < -0.3 is 10.1 Å². The Morgan fingerprint density at radius 2 is 1.72 bits per heavy atom. The van der Waals surface area contributed by atoms with Gasteiger partial charge in [-0.1, -0.05) is 24.3 Å². The summed E-state index contributed by atoms with van der Waals surface area (Å²) in [5, 5.41) is 3.05. The van der Waals surface area contributed by atoms with Crippen molar-refractivity contribution in [3.8, 4) is 5.75 Å². The molecule has 1 fully saturated rings. The van der Waals surface area contributed by atoms with Gasteiger partial charge in [-0.3, -0.25) is 24.2 Å². The Hall–Kier alpha value is -3.19. The summed E-state index contributed by atoms with van der Waals surface area (Å²) in [4.78, 5) is 41.0. The molecule has 1 N–H and O–H groups in total. The molecule has 2 aliphatic heterocycles. The molecule has 168 valence electrons. The summed E-state index contributed by atoms with van der Waals surface area (Å²) in [5.41, 5.74) is 2.00. The Morgan fingerprint density at radius 3 is 2.38 bits per heavy atom. The zero-order valence-electron chi connectivity index (χ0n) is 18.4. The smallest absolute Gasteiger partial charge is 0.261 e. The highest BCUT2D eigenvalue weighted by molar-refractivity contribution is 6.21. The van der Waals surface area contributed by atoms with Crippen LogP contribution in [-0.4, -0.2) is 60.8 Å². The van der Waals surface area contributed by atoms with E-state index in [1.165, 1.54) is 4.90 Å². The van der Waals surface area contributed by atoms with Crippen molar-refractivity contribution in [3.05, 3.63) is 65.2 Å². The second-order valence-electron chi connectivity index (χ2n) is 8.25. The Balaban J connectivity index is 1.30. The highest BCUT2D eigenvalue weighted by atomic mass is 16.5. The minimum Gasteiger partial charge on any atom is -0.497 e. The third-order valence-electron chi connectivity index (χ3n) is 6.22. The van der Waals surface area contributed by atoms with Gasteiger partial charge in [-0.05, 0) is 62.2 Å². The molecule has 0 bridgehead atoms.